The SMILES string of the molecule is CS(=O)(=O)CCC(=O)NCCC(=O)Nc1ccccc1. The van der Waals surface area contributed by atoms with E-state index in [0.717, 1.165) is 6.26 Å². The van der Waals surface area contributed by atoms with Crippen molar-refractivity contribution in [2.75, 3.05) is 23.9 Å². The topological polar surface area (TPSA) is 92.3 Å². The predicted molar refractivity (Wildman–Crippen MR) is 77.0 cm³/mol. The summed E-state index contributed by atoms with van der Waals surface area (Å²) in [4.78, 5) is 22.9. The molecule has 0 radical (unpaired) electrons. The van der Waals surface area contributed by atoms with E-state index in [1.54, 1.807) is 12.1 Å². The molecular formula is C13H18N2O4S. The maximum absolute atomic E-state index is 11.6. The second-order valence-corrected chi connectivity index (χ2v) is 6.65. The van der Waals surface area contributed by atoms with Crippen LogP contribution in [0.4, 0.5) is 5.69 Å². The number of amides is 2. The van der Waals surface area contributed by atoms with Gasteiger partial charge in [-0.25, -0.2) is 8.42 Å². The van der Waals surface area contributed by atoms with Gasteiger partial charge in [-0.15, -0.1) is 0 Å². The van der Waals surface area contributed by atoms with Gasteiger partial charge in [0.2, 0.25) is 11.8 Å². The van der Waals surface area contributed by atoms with E-state index >= 15 is 0 Å². The summed E-state index contributed by atoms with van der Waals surface area (Å²) in [5.41, 5.74) is 0.695. The van der Waals surface area contributed by atoms with Gasteiger partial charge >= 0.3 is 0 Å². The van der Waals surface area contributed by atoms with Crippen LogP contribution < -0.4 is 10.6 Å². The summed E-state index contributed by atoms with van der Waals surface area (Å²) in [7, 11) is -3.14. The Hall–Kier alpha value is -1.89. The van der Waals surface area contributed by atoms with Crippen LogP contribution in [0.2, 0.25) is 0 Å². The molecule has 0 heterocycles. The monoisotopic (exact) mass is 298 g/mol. The number of benzene rings is 1. The molecule has 1 rings (SSSR count). The number of hydrogen-bond acceptors (Lipinski definition) is 4. The lowest BCUT2D eigenvalue weighted by Crippen LogP contribution is -2.28. The first kappa shape index (κ1) is 16.2. The summed E-state index contributed by atoms with van der Waals surface area (Å²) in [6, 6.07) is 8.99. The van der Waals surface area contributed by atoms with Crippen LogP contribution in [0.1, 0.15) is 12.8 Å². The number of anilines is 1. The number of hydrogen-bond donors (Lipinski definition) is 2. The highest BCUT2D eigenvalue weighted by Gasteiger charge is 2.08. The quantitative estimate of drug-likeness (QED) is 0.769. The Bertz CT molecular complexity index is 555. The molecule has 6 nitrogen and oxygen atoms in total. The average molecular weight is 298 g/mol. The van der Waals surface area contributed by atoms with E-state index in [1.165, 1.54) is 0 Å². The molecule has 0 aliphatic rings. The maximum Gasteiger partial charge on any atom is 0.226 e. The fourth-order valence-electron chi connectivity index (χ4n) is 1.43. The van der Waals surface area contributed by atoms with Gasteiger partial charge in [0.25, 0.3) is 0 Å². The second kappa shape index (κ2) is 7.64. The normalized spacial score (nSPS) is 10.8. The van der Waals surface area contributed by atoms with Gasteiger partial charge in [-0.1, -0.05) is 18.2 Å². The lowest BCUT2D eigenvalue weighted by molar-refractivity contribution is -0.120. The summed E-state index contributed by atoms with van der Waals surface area (Å²) in [5, 5.41) is 5.19. The number of nitrogens with one attached hydrogen (secondary N) is 2. The zero-order valence-corrected chi connectivity index (χ0v) is 12.1. The molecule has 7 heteroatoms. The van der Waals surface area contributed by atoms with Crippen LogP contribution >= 0.6 is 0 Å². The fourth-order valence-corrected chi connectivity index (χ4v) is 1.98. The van der Waals surface area contributed by atoms with E-state index in [-0.39, 0.29) is 37.0 Å². The molecule has 0 bridgehead atoms. The molecule has 0 fully saturated rings. The molecule has 1 aromatic rings. The zero-order valence-electron chi connectivity index (χ0n) is 11.3. The van der Waals surface area contributed by atoms with Gasteiger partial charge in [0.15, 0.2) is 0 Å². The Labute approximate surface area is 118 Å². The van der Waals surface area contributed by atoms with Crippen LogP contribution in [-0.4, -0.2) is 38.8 Å². The first-order valence-corrected chi connectivity index (χ1v) is 8.22. The van der Waals surface area contributed by atoms with E-state index in [0.29, 0.717) is 5.69 Å². The fraction of sp³-hybridized carbons (Fsp3) is 0.385. The molecule has 0 unspecified atom stereocenters. The van der Waals surface area contributed by atoms with Crippen LogP contribution in [-0.2, 0) is 19.4 Å². The van der Waals surface area contributed by atoms with Gasteiger partial charge in [-0.2, -0.15) is 0 Å². The number of para-hydroxylation sites is 1. The minimum absolute atomic E-state index is 0.0842. The second-order valence-electron chi connectivity index (χ2n) is 4.39. The maximum atomic E-state index is 11.6. The van der Waals surface area contributed by atoms with E-state index < -0.39 is 9.84 Å². The van der Waals surface area contributed by atoms with Gasteiger partial charge in [0, 0.05) is 31.3 Å². The third-order valence-corrected chi connectivity index (χ3v) is 3.38. The largest absolute Gasteiger partial charge is 0.356 e. The van der Waals surface area contributed by atoms with E-state index in [2.05, 4.69) is 10.6 Å². The molecule has 2 N–H and O–H groups in total. The van der Waals surface area contributed by atoms with Crippen molar-refractivity contribution in [3.05, 3.63) is 30.3 Å². The first-order valence-electron chi connectivity index (χ1n) is 6.16. The zero-order chi connectivity index (χ0) is 15.0. The Kier molecular flexibility index (Phi) is 6.17. The highest BCUT2D eigenvalue weighted by atomic mass is 32.2. The Morgan fingerprint density at radius 2 is 1.70 bits per heavy atom. The first-order chi connectivity index (χ1) is 9.37. The van der Waals surface area contributed by atoms with Crippen LogP contribution in [0, 0.1) is 0 Å². The molecule has 0 aliphatic heterocycles. The average Bonchev–Trinajstić information content (AvgIpc) is 2.37. The predicted octanol–water partition coefficient (Wildman–Crippen LogP) is 0.566. The number of rotatable bonds is 7. The molecule has 1 aromatic carbocycles. The van der Waals surface area contributed by atoms with Crippen molar-refractivity contribution < 1.29 is 18.0 Å². The van der Waals surface area contributed by atoms with Crippen molar-refractivity contribution in [1.82, 2.24) is 5.32 Å². The molecule has 110 valence electrons. The van der Waals surface area contributed by atoms with Gasteiger partial charge < -0.3 is 10.6 Å². The summed E-state index contributed by atoms with van der Waals surface area (Å²) in [6.07, 6.45) is 1.13. The summed E-state index contributed by atoms with van der Waals surface area (Å²) >= 11 is 0. The minimum Gasteiger partial charge on any atom is -0.356 e. The number of carbonyl (C=O) groups is 2. The van der Waals surface area contributed by atoms with Gasteiger partial charge in [0.05, 0.1) is 5.75 Å². The van der Waals surface area contributed by atoms with E-state index in [1.807, 2.05) is 18.2 Å². The highest BCUT2D eigenvalue weighted by molar-refractivity contribution is 7.90. The molecule has 0 atom stereocenters. The molecule has 0 saturated carbocycles. The van der Waals surface area contributed by atoms with Gasteiger partial charge in [-0.3, -0.25) is 9.59 Å². The molecular weight excluding hydrogens is 280 g/mol. The Morgan fingerprint density at radius 1 is 1.05 bits per heavy atom. The lowest BCUT2D eigenvalue weighted by Gasteiger charge is -2.06. The molecule has 0 spiro atoms. The Morgan fingerprint density at radius 3 is 2.30 bits per heavy atom. The number of sulfone groups is 1. The Balaban J connectivity index is 2.20. The third-order valence-electron chi connectivity index (χ3n) is 2.43. The smallest absolute Gasteiger partial charge is 0.226 e. The standard InChI is InChI=1S/C13H18N2O4S/c1-20(18,19)10-8-12(16)14-9-7-13(17)15-11-5-3-2-4-6-11/h2-6H,7-10H2,1H3,(H,14,16)(H,15,17). The molecule has 0 saturated heterocycles. The summed E-state index contributed by atoms with van der Waals surface area (Å²) in [6.45, 7) is 0.182. The van der Waals surface area contributed by atoms with Crippen molar-refractivity contribution in [2.45, 2.75) is 12.8 Å². The van der Waals surface area contributed by atoms with E-state index in [9.17, 15) is 18.0 Å². The van der Waals surface area contributed by atoms with Gasteiger partial charge in [0.1, 0.15) is 9.84 Å². The number of carbonyl (C=O) groups excluding carboxylic acids is 2. The minimum atomic E-state index is -3.14. The van der Waals surface area contributed by atoms with Crippen molar-refractivity contribution in [3.63, 3.8) is 0 Å². The van der Waals surface area contributed by atoms with Crippen molar-refractivity contribution in [1.29, 1.82) is 0 Å². The molecule has 20 heavy (non-hydrogen) atoms. The van der Waals surface area contributed by atoms with Crippen LogP contribution in [0.15, 0.2) is 30.3 Å². The summed E-state index contributed by atoms with van der Waals surface area (Å²) in [5.74, 6) is -0.766. The van der Waals surface area contributed by atoms with Crippen molar-refractivity contribution >= 4 is 27.3 Å². The van der Waals surface area contributed by atoms with E-state index in [4.69, 9.17) is 0 Å². The van der Waals surface area contributed by atoms with Gasteiger partial charge in [-0.05, 0) is 12.1 Å². The van der Waals surface area contributed by atoms with Crippen LogP contribution in [0.5, 0.6) is 0 Å². The van der Waals surface area contributed by atoms with Crippen molar-refractivity contribution in [2.24, 2.45) is 0 Å². The summed E-state index contributed by atoms with van der Waals surface area (Å²) < 4.78 is 21.8. The third kappa shape index (κ3) is 7.52. The van der Waals surface area contributed by atoms with Crippen molar-refractivity contribution in [3.8, 4) is 0 Å². The molecule has 0 aromatic heterocycles. The molecule has 0 aliphatic carbocycles. The van der Waals surface area contributed by atoms with Crippen LogP contribution in [0.25, 0.3) is 0 Å². The highest BCUT2D eigenvalue weighted by Crippen LogP contribution is 2.04. The molecule has 2 amide bonds. The van der Waals surface area contributed by atoms with Crippen LogP contribution in [0.3, 0.4) is 0 Å². The lowest BCUT2D eigenvalue weighted by atomic mass is 10.3.